The number of benzene rings is 3. The summed E-state index contributed by atoms with van der Waals surface area (Å²) in [7, 11) is 0. The van der Waals surface area contributed by atoms with E-state index in [2.05, 4.69) is 10.6 Å². The number of imide groups is 1. The van der Waals surface area contributed by atoms with Crippen molar-refractivity contribution in [3.05, 3.63) is 87.9 Å². The Morgan fingerprint density at radius 1 is 0.947 bits per heavy atom. The highest BCUT2D eigenvalue weighted by Gasteiger charge is 2.70. The molecule has 0 aliphatic carbocycles. The molecule has 3 aromatic carbocycles. The Labute approximate surface area is 224 Å². The summed E-state index contributed by atoms with van der Waals surface area (Å²) in [5.41, 5.74) is 2.16. The van der Waals surface area contributed by atoms with Crippen LogP contribution in [-0.4, -0.2) is 38.9 Å². The molecule has 0 unspecified atom stereocenters. The van der Waals surface area contributed by atoms with E-state index in [-0.39, 0.29) is 36.3 Å². The summed E-state index contributed by atoms with van der Waals surface area (Å²) >= 11 is 6.36. The van der Waals surface area contributed by atoms with Gasteiger partial charge in [0.25, 0.3) is 0 Å². The van der Waals surface area contributed by atoms with Crippen molar-refractivity contribution in [3.63, 3.8) is 0 Å². The first-order valence-electron chi connectivity index (χ1n) is 12.6. The van der Waals surface area contributed by atoms with Crippen molar-refractivity contribution in [1.29, 1.82) is 0 Å². The van der Waals surface area contributed by atoms with Gasteiger partial charge >= 0.3 is 0 Å². The van der Waals surface area contributed by atoms with Gasteiger partial charge in [0.05, 0.1) is 18.4 Å². The Balaban J connectivity index is 1.46. The van der Waals surface area contributed by atoms with Crippen LogP contribution < -0.4 is 10.6 Å². The number of aromatic hydroxyl groups is 2. The molecule has 3 aliphatic heterocycles. The highest BCUT2D eigenvalue weighted by molar-refractivity contribution is 6.31. The second-order valence-corrected chi connectivity index (χ2v) is 10.5. The molecule has 0 aromatic heterocycles. The van der Waals surface area contributed by atoms with Crippen LogP contribution in [0.15, 0.2) is 60.7 Å². The number of hydrogen-bond acceptors (Lipinski definition) is 6. The number of nitrogens with zero attached hydrogens (tertiary/aromatic N) is 1. The first-order valence-corrected chi connectivity index (χ1v) is 12.9. The number of phenols is 2. The summed E-state index contributed by atoms with van der Waals surface area (Å²) in [6.45, 7) is 2.02. The van der Waals surface area contributed by atoms with E-state index in [1.54, 1.807) is 30.3 Å². The maximum atomic E-state index is 14.0. The summed E-state index contributed by atoms with van der Waals surface area (Å²) < 4.78 is 0. The zero-order valence-corrected chi connectivity index (χ0v) is 21.3. The van der Waals surface area contributed by atoms with Crippen molar-refractivity contribution < 1.29 is 24.6 Å². The van der Waals surface area contributed by atoms with E-state index >= 15 is 0 Å². The number of hydrogen-bond donors (Lipinski definition) is 4. The molecule has 6 rings (SSSR count). The number of amides is 3. The standard InChI is InChI=1S/C29H26ClN3O5/c1-2-15-7-9-20-18(11-15)29(28(38)31-20)25-24(21(32-29)12-16-8-10-22(34)23(35)13-16)26(36)33(27(25)37)14-17-5-3-4-6-19(17)30/h3-11,13,21,24-25,32,34-35H,2,12,14H2,1H3,(H,31,38)/t21-,24+,25-,29-/m0/s1. The predicted molar refractivity (Wildman–Crippen MR) is 141 cm³/mol. The minimum absolute atomic E-state index is 0.0105. The van der Waals surface area contributed by atoms with E-state index in [0.29, 0.717) is 27.4 Å². The molecule has 8 nitrogen and oxygen atoms in total. The van der Waals surface area contributed by atoms with Gasteiger partial charge in [-0.25, -0.2) is 0 Å². The third-order valence-electron chi connectivity index (χ3n) is 8.06. The second kappa shape index (κ2) is 8.85. The van der Waals surface area contributed by atoms with Gasteiger partial charge in [0.15, 0.2) is 11.5 Å². The van der Waals surface area contributed by atoms with Gasteiger partial charge in [0.1, 0.15) is 5.54 Å². The van der Waals surface area contributed by atoms with Gasteiger partial charge < -0.3 is 15.5 Å². The molecular weight excluding hydrogens is 506 g/mol. The Bertz CT molecular complexity index is 1510. The number of phenolic OH excluding ortho intramolecular Hbond substituents is 2. The van der Waals surface area contributed by atoms with Crippen molar-refractivity contribution in [2.24, 2.45) is 11.8 Å². The lowest BCUT2D eigenvalue weighted by molar-refractivity contribution is -0.143. The van der Waals surface area contributed by atoms with E-state index in [1.165, 1.54) is 17.0 Å². The van der Waals surface area contributed by atoms with E-state index in [9.17, 15) is 24.6 Å². The molecule has 2 saturated heterocycles. The predicted octanol–water partition coefficient (Wildman–Crippen LogP) is 3.48. The fourth-order valence-electron chi connectivity index (χ4n) is 6.21. The number of likely N-dealkylation sites (tertiary alicyclic amines) is 1. The summed E-state index contributed by atoms with van der Waals surface area (Å²) in [4.78, 5) is 42.9. The topological polar surface area (TPSA) is 119 Å². The molecule has 0 saturated carbocycles. The zero-order valence-electron chi connectivity index (χ0n) is 20.6. The highest BCUT2D eigenvalue weighted by atomic mass is 35.5. The lowest BCUT2D eigenvalue weighted by Crippen LogP contribution is -2.53. The molecule has 3 aliphatic rings. The van der Waals surface area contributed by atoms with Crippen LogP contribution in [-0.2, 0) is 39.3 Å². The number of rotatable bonds is 5. The van der Waals surface area contributed by atoms with Gasteiger partial charge in [0, 0.05) is 22.3 Å². The molecule has 9 heteroatoms. The largest absolute Gasteiger partial charge is 0.504 e. The summed E-state index contributed by atoms with van der Waals surface area (Å²) in [5, 5.41) is 26.6. The summed E-state index contributed by atoms with van der Waals surface area (Å²) in [6.07, 6.45) is 0.999. The van der Waals surface area contributed by atoms with Gasteiger partial charge in [0.2, 0.25) is 17.7 Å². The Hall–Kier alpha value is -3.88. The number of fused-ring (bicyclic) bond motifs is 4. The van der Waals surface area contributed by atoms with Gasteiger partial charge in [-0.3, -0.25) is 24.6 Å². The molecule has 2 fully saturated rings. The molecular formula is C29H26ClN3O5. The second-order valence-electron chi connectivity index (χ2n) is 10.1. The Morgan fingerprint density at radius 2 is 1.71 bits per heavy atom. The molecule has 1 spiro atoms. The molecule has 3 aromatic rings. The van der Waals surface area contributed by atoms with E-state index < -0.39 is 29.3 Å². The van der Waals surface area contributed by atoms with Crippen LogP contribution in [0.1, 0.15) is 29.2 Å². The number of nitrogens with one attached hydrogen (secondary N) is 2. The molecule has 3 amide bonds. The third kappa shape index (κ3) is 3.51. The molecule has 0 bridgehead atoms. The molecule has 194 valence electrons. The first-order chi connectivity index (χ1) is 18.2. The van der Waals surface area contributed by atoms with Gasteiger partial charge in [-0.1, -0.05) is 54.9 Å². The van der Waals surface area contributed by atoms with Gasteiger partial charge in [-0.15, -0.1) is 0 Å². The van der Waals surface area contributed by atoms with E-state index in [4.69, 9.17) is 11.6 Å². The van der Waals surface area contributed by atoms with Crippen LogP contribution >= 0.6 is 11.6 Å². The quantitative estimate of drug-likeness (QED) is 0.296. The number of anilines is 1. The van der Waals surface area contributed by atoms with Crippen LogP contribution in [0.4, 0.5) is 5.69 Å². The maximum Gasteiger partial charge on any atom is 0.250 e. The molecule has 4 atom stereocenters. The van der Waals surface area contributed by atoms with Gasteiger partial charge in [-0.05, 0) is 53.8 Å². The van der Waals surface area contributed by atoms with Crippen LogP contribution in [0.2, 0.25) is 5.02 Å². The van der Waals surface area contributed by atoms with Crippen molar-refractivity contribution in [3.8, 4) is 11.5 Å². The lowest BCUT2D eigenvalue weighted by atomic mass is 9.76. The average Bonchev–Trinajstić information content (AvgIpc) is 3.47. The molecule has 3 heterocycles. The SMILES string of the molecule is CCc1ccc2c(c1)[C@@]1(N[C@@H](Cc3ccc(O)c(O)c3)[C@H]3C(=O)N(Cc4ccccc4Cl)C(=O)[C@H]31)C(=O)N2. The third-order valence-corrected chi connectivity index (χ3v) is 8.43. The summed E-state index contributed by atoms with van der Waals surface area (Å²) in [6, 6.07) is 16.6. The van der Waals surface area contributed by atoms with Crippen LogP contribution in [0.5, 0.6) is 11.5 Å². The molecule has 0 radical (unpaired) electrons. The van der Waals surface area contributed by atoms with Crippen molar-refractivity contribution in [2.75, 3.05) is 5.32 Å². The van der Waals surface area contributed by atoms with Crippen LogP contribution in [0.25, 0.3) is 0 Å². The number of aryl methyl sites for hydroxylation is 1. The lowest BCUT2D eigenvalue weighted by Gasteiger charge is -2.30. The minimum atomic E-state index is -1.42. The number of carbonyl (C=O) groups excluding carboxylic acids is 3. The van der Waals surface area contributed by atoms with Crippen molar-refractivity contribution in [1.82, 2.24) is 10.2 Å². The fraction of sp³-hybridized carbons (Fsp3) is 0.276. The van der Waals surface area contributed by atoms with Crippen molar-refractivity contribution in [2.45, 2.75) is 37.9 Å². The van der Waals surface area contributed by atoms with E-state index in [1.807, 2.05) is 25.1 Å². The number of carbonyl (C=O) groups is 3. The van der Waals surface area contributed by atoms with Crippen molar-refractivity contribution >= 4 is 35.0 Å². The smallest absolute Gasteiger partial charge is 0.250 e. The normalized spacial score (nSPS) is 25.7. The minimum Gasteiger partial charge on any atom is -0.504 e. The number of halogens is 1. The van der Waals surface area contributed by atoms with Crippen LogP contribution in [0.3, 0.4) is 0 Å². The molecule has 38 heavy (non-hydrogen) atoms. The maximum absolute atomic E-state index is 14.0. The highest BCUT2D eigenvalue weighted by Crippen LogP contribution is 2.53. The monoisotopic (exact) mass is 531 g/mol. The molecule has 4 N–H and O–H groups in total. The first kappa shape index (κ1) is 24.5. The average molecular weight is 532 g/mol. The zero-order chi connectivity index (χ0) is 26.8. The Morgan fingerprint density at radius 3 is 2.45 bits per heavy atom. The van der Waals surface area contributed by atoms with Gasteiger partial charge in [-0.2, -0.15) is 0 Å². The Kier molecular flexibility index (Phi) is 5.70. The van der Waals surface area contributed by atoms with Crippen LogP contribution in [0, 0.1) is 11.8 Å². The fourth-order valence-corrected chi connectivity index (χ4v) is 6.40. The summed E-state index contributed by atoms with van der Waals surface area (Å²) in [5.74, 6) is -3.47. The van der Waals surface area contributed by atoms with E-state index in [0.717, 1.165) is 12.0 Å².